The summed E-state index contributed by atoms with van der Waals surface area (Å²) in [5.41, 5.74) is 1.01. The van der Waals surface area contributed by atoms with Gasteiger partial charge in [0.2, 0.25) is 0 Å². The first-order valence-electron chi connectivity index (χ1n) is 7.25. The van der Waals surface area contributed by atoms with Gasteiger partial charge in [-0.25, -0.2) is 4.39 Å². The van der Waals surface area contributed by atoms with E-state index in [1.54, 1.807) is 18.2 Å². The Kier molecular flexibility index (Phi) is 3.68. The molecule has 0 spiro atoms. The predicted molar refractivity (Wildman–Crippen MR) is 79.9 cm³/mol. The fourth-order valence-corrected chi connectivity index (χ4v) is 3.24. The number of hydrogen-bond donors (Lipinski definition) is 1. The van der Waals surface area contributed by atoms with E-state index < -0.39 is 11.9 Å². The molecule has 110 valence electrons. The average Bonchev–Trinajstić information content (AvgIpc) is 2.47. The molecule has 1 N–H and O–H groups in total. The van der Waals surface area contributed by atoms with E-state index in [1.165, 1.54) is 7.11 Å². The summed E-state index contributed by atoms with van der Waals surface area (Å²) in [6.07, 6.45) is 1.94. The van der Waals surface area contributed by atoms with Gasteiger partial charge in [-0.2, -0.15) is 0 Å². The van der Waals surface area contributed by atoms with Crippen molar-refractivity contribution in [3.8, 4) is 5.75 Å². The molecule has 0 aliphatic heterocycles. The first-order chi connectivity index (χ1) is 10.2. The Labute approximate surface area is 124 Å². The zero-order chi connectivity index (χ0) is 14.9. The molecule has 1 unspecified atom stereocenters. The summed E-state index contributed by atoms with van der Waals surface area (Å²) in [7, 11) is 1.44. The molecule has 0 bridgehead atoms. The standard InChI is InChI=1S/C18H19FO2/c1-21-15-10-5-9-14(16(15)19)17(20)18(11-6-12-18)13-7-3-2-4-8-13/h2-5,7-10,17,20H,6,11-12H2,1H3. The van der Waals surface area contributed by atoms with Gasteiger partial charge in [0.1, 0.15) is 0 Å². The van der Waals surface area contributed by atoms with Crippen molar-refractivity contribution < 1.29 is 14.2 Å². The number of ether oxygens (including phenoxy) is 1. The van der Waals surface area contributed by atoms with E-state index in [4.69, 9.17) is 4.74 Å². The average molecular weight is 286 g/mol. The molecule has 0 amide bonds. The SMILES string of the molecule is COc1cccc(C(O)C2(c3ccccc3)CCC2)c1F. The maximum Gasteiger partial charge on any atom is 0.170 e. The van der Waals surface area contributed by atoms with Gasteiger partial charge >= 0.3 is 0 Å². The molecule has 21 heavy (non-hydrogen) atoms. The number of methoxy groups -OCH3 is 1. The van der Waals surface area contributed by atoms with E-state index in [1.807, 2.05) is 30.3 Å². The lowest BCUT2D eigenvalue weighted by Crippen LogP contribution is -2.40. The molecule has 1 fully saturated rings. The van der Waals surface area contributed by atoms with Crippen LogP contribution >= 0.6 is 0 Å². The Morgan fingerprint density at radius 3 is 2.38 bits per heavy atom. The van der Waals surface area contributed by atoms with Crippen molar-refractivity contribution in [2.24, 2.45) is 0 Å². The highest BCUT2D eigenvalue weighted by Crippen LogP contribution is 2.52. The first kappa shape index (κ1) is 14.1. The third-order valence-electron chi connectivity index (χ3n) is 4.63. The summed E-state index contributed by atoms with van der Waals surface area (Å²) in [5, 5.41) is 10.8. The molecule has 3 rings (SSSR count). The van der Waals surface area contributed by atoms with Crippen LogP contribution in [0.5, 0.6) is 5.75 Å². The van der Waals surface area contributed by atoms with E-state index in [0.29, 0.717) is 5.56 Å². The summed E-state index contributed by atoms with van der Waals surface area (Å²) >= 11 is 0. The smallest absolute Gasteiger partial charge is 0.170 e. The Hall–Kier alpha value is -1.87. The highest BCUT2D eigenvalue weighted by molar-refractivity contribution is 5.38. The second-order valence-corrected chi connectivity index (χ2v) is 5.64. The second-order valence-electron chi connectivity index (χ2n) is 5.64. The van der Waals surface area contributed by atoms with Gasteiger partial charge in [-0.3, -0.25) is 0 Å². The van der Waals surface area contributed by atoms with Crippen LogP contribution in [0.15, 0.2) is 48.5 Å². The molecule has 2 aromatic rings. The van der Waals surface area contributed by atoms with Gasteiger partial charge in [0.05, 0.1) is 13.2 Å². The van der Waals surface area contributed by atoms with E-state index in [2.05, 4.69) is 0 Å². The van der Waals surface area contributed by atoms with Crippen LogP contribution in [0.25, 0.3) is 0 Å². The Bertz CT molecular complexity index is 620. The molecule has 1 saturated carbocycles. The van der Waals surface area contributed by atoms with E-state index in [9.17, 15) is 9.50 Å². The van der Waals surface area contributed by atoms with E-state index >= 15 is 0 Å². The van der Waals surface area contributed by atoms with Crippen molar-refractivity contribution in [3.05, 3.63) is 65.5 Å². The molecule has 1 atom stereocenters. The van der Waals surface area contributed by atoms with Crippen LogP contribution in [-0.4, -0.2) is 12.2 Å². The van der Waals surface area contributed by atoms with Gasteiger partial charge in [-0.05, 0) is 24.5 Å². The molecule has 1 aliphatic carbocycles. The Balaban J connectivity index is 2.03. The number of aliphatic hydroxyl groups is 1. The predicted octanol–water partition coefficient (Wildman–Crippen LogP) is 3.99. The minimum Gasteiger partial charge on any atom is -0.494 e. The molecule has 2 nitrogen and oxygen atoms in total. The molecule has 0 radical (unpaired) electrons. The topological polar surface area (TPSA) is 29.5 Å². The van der Waals surface area contributed by atoms with Gasteiger partial charge in [0, 0.05) is 11.0 Å². The summed E-state index contributed by atoms with van der Waals surface area (Å²) in [4.78, 5) is 0. The van der Waals surface area contributed by atoms with Gasteiger partial charge in [0.15, 0.2) is 11.6 Å². The maximum absolute atomic E-state index is 14.4. The molecule has 3 heteroatoms. The third-order valence-corrected chi connectivity index (χ3v) is 4.63. The molecule has 0 aromatic heterocycles. The van der Waals surface area contributed by atoms with Gasteiger partial charge in [-0.15, -0.1) is 0 Å². The second kappa shape index (κ2) is 5.49. The monoisotopic (exact) mass is 286 g/mol. The van der Waals surface area contributed by atoms with Gasteiger partial charge in [0.25, 0.3) is 0 Å². The number of benzene rings is 2. The summed E-state index contributed by atoms with van der Waals surface area (Å²) in [6.45, 7) is 0. The van der Waals surface area contributed by atoms with Crippen LogP contribution in [0.1, 0.15) is 36.5 Å². The lowest BCUT2D eigenvalue weighted by Gasteiger charge is -2.46. The Morgan fingerprint density at radius 2 is 1.81 bits per heavy atom. The number of hydrogen-bond acceptors (Lipinski definition) is 2. The number of aliphatic hydroxyl groups excluding tert-OH is 1. The minimum absolute atomic E-state index is 0.175. The zero-order valence-electron chi connectivity index (χ0n) is 12.1. The van der Waals surface area contributed by atoms with Crippen LogP contribution < -0.4 is 4.74 Å². The number of halogens is 1. The zero-order valence-corrected chi connectivity index (χ0v) is 12.1. The van der Waals surface area contributed by atoms with Crippen LogP contribution in [0, 0.1) is 5.82 Å². The molecule has 1 aliphatic rings. The van der Waals surface area contributed by atoms with Crippen LogP contribution in [0.2, 0.25) is 0 Å². The molecular formula is C18H19FO2. The fraction of sp³-hybridized carbons (Fsp3) is 0.333. The Morgan fingerprint density at radius 1 is 1.10 bits per heavy atom. The van der Waals surface area contributed by atoms with Crippen LogP contribution in [-0.2, 0) is 5.41 Å². The van der Waals surface area contributed by atoms with Crippen molar-refractivity contribution in [1.29, 1.82) is 0 Å². The molecular weight excluding hydrogens is 267 g/mol. The normalized spacial score (nSPS) is 17.9. The third kappa shape index (κ3) is 2.22. The quantitative estimate of drug-likeness (QED) is 0.921. The van der Waals surface area contributed by atoms with Gasteiger partial charge < -0.3 is 9.84 Å². The van der Waals surface area contributed by atoms with Crippen LogP contribution in [0.3, 0.4) is 0 Å². The molecule has 0 heterocycles. The van der Waals surface area contributed by atoms with Crippen molar-refractivity contribution >= 4 is 0 Å². The molecule has 0 saturated heterocycles. The van der Waals surface area contributed by atoms with Gasteiger partial charge in [-0.1, -0.05) is 48.9 Å². The minimum atomic E-state index is -0.858. The lowest BCUT2D eigenvalue weighted by atomic mass is 9.60. The van der Waals surface area contributed by atoms with Crippen molar-refractivity contribution in [2.75, 3.05) is 7.11 Å². The van der Waals surface area contributed by atoms with E-state index in [-0.39, 0.29) is 11.2 Å². The van der Waals surface area contributed by atoms with Crippen molar-refractivity contribution in [2.45, 2.75) is 30.8 Å². The fourth-order valence-electron chi connectivity index (χ4n) is 3.24. The first-order valence-corrected chi connectivity index (χ1v) is 7.25. The highest BCUT2D eigenvalue weighted by Gasteiger charge is 2.46. The van der Waals surface area contributed by atoms with Crippen molar-refractivity contribution in [1.82, 2.24) is 0 Å². The highest BCUT2D eigenvalue weighted by atomic mass is 19.1. The maximum atomic E-state index is 14.4. The number of rotatable bonds is 4. The molecule has 2 aromatic carbocycles. The van der Waals surface area contributed by atoms with Crippen molar-refractivity contribution in [3.63, 3.8) is 0 Å². The lowest BCUT2D eigenvalue weighted by molar-refractivity contribution is 0.0240. The van der Waals surface area contributed by atoms with E-state index in [0.717, 1.165) is 24.8 Å². The largest absolute Gasteiger partial charge is 0.494 e. The summed E-state index contributed by atoms with van der Waals surface area (Å²) < 4.78 is 19.5. The summed E-state index contributed by atoms with van der Waals surface area (Å²) in [6, 6.07) is 14.8. The van der Waals surface area contributed by atoms with Crippen LogP contribution in [0.4, 0.5) is 4.39 Å². The summed E-state index contributed by atoms with van der Waals surface area (Å²) in [5.74, 6) is -0.288.